The minimum atomic E-state index is -3.62. The van der Waals surface area contributed by atoms with Crippen LogP contribution >= 0.6 is 0 Å². The molecule has 8 nitrogen and oxygen atoms in total. The summed E-state index contributed by atoms with van der Waals surface area (Å²) in [5.41, 5.74) is 0.580. The number of sulfone groups is 1. The number of carbonyl (C=O) groups excluding carboxylic acids is 2. The Hall–Kier alpha value is -1.87. The normalized spacial score (nSPS) is 33.3. The van der Waals surface area contributed by atoms with Crippen LogP contribution in [-0.4, -0.2) is 55.8 Å². The van der Waals surface area contributed by atoms with E-state index in [9.17, 15) is 18.0 Å². The number of fused-ring (bicyclic) bond motifs is 2. The number of H-pyrrole nitrogens is 1. The second-order valence-electron chi connectivity index (χ2n) is 7.99. The summed E-state index contributed by atoms with van der Waals surface area (Å²) in [5, 5.41) is 4.32. The minimum Gasteiger partial charge on any atom is -0.375 e. The fraction of sp³-hybridized carbons (Fsp3) is 0.647. The van der Waals surface area contributed by atoms with Crippen LogP contribution < -0.4 is 10.6 Å². The standard InChI is InChI=1S/C17H23N3O5S/c1-16-8-17(9-16,10-25-16)5-14(21)19-2-3-20-15(22)12-4-11-6-18-7-13(11)26(12,23)24/h6-7,12,18H,2-5,8-10H2,1H3,(H,19,21)(H,20,22). The van der Waals surface area contributed by atoms with Crippen LogP contribution in [0.3, 0.4) is 0 Å². The zero-order valence-electron chi connectivity index (χ0n) is 14.6. The molecule has 1 aliphatic carbocycles. The van der Waals surface area contributed by atoms with Crippen molar-refractivity contribution in [2.24, 2.45) is 5.41 Å². The first kappa shape index (κ1) is 17.5. The molecule has 4 heterocycles. The largest absolute Gasteiger partial charge is 0.375 e. The number of ether oxygens (including phenoxy) is 1. The summed E-state index contributed by atoms with van der Waals surface area (Å²) in [4.78, 5) is 27.2. The zero-order valence-corrected chi connectivity index (χ0v) is 15.4. The van der Waals surface area contributed by atoms with Crippen molar-refractivity contribution in [3.05, 3.63) is 18.0 Å². The lowest BCUT2D eigenvalue weighted by Gasteiger charge is -2.41. The summed E-state index contributed by atoms with van der Waals surface area (Å²) in [6.07, 6.45) is 5.48. The van der Waals surface area contributed by atoms with Gasteiger partial charge in [-0.1, -0.05) is 0 Å². The van der Waals surface area contributed by atoms with E-state index in [-0.39, 0.29) is 41.3 Å². The van der Waals surface area contributed by atoms with Crippen LogP contribution in [0.15, 0.2) is 17.3 Å². The number of nitrogens with one attached hydrogen (secondary N) is 3. The third-order valence-electron chi connectivity index (χ3n) is 5.67. The van der Waals surface area contributed by atoms with Crippen molar-refractivity contribution >= 4 is 21.7 Å². The van der Waals surface area contributed by atoms with Crippen LogP contribution in [0.1, 0.15) is 31.7 Å². The maximum Gasteiger partial charge on any atom is 0.239 e. The van der Waals surface area contributed by atoms with Crippen LogP contribution in [0.25, 0.3) is 0 Å². The second kappa shape index (κ2) is 5.82. The lowest BCUT2D eigenvalue weighted by molar-refractivity contribution is -0.125. The SMILES string of the molecule is CC12CC(CC(=O)NCCNC(=O)C3Cc4c[nH]cc4S3(=O)=O)(CO1)C2. The van der Waals surface area contributed by atoms with Crippen molar-refractivity contribution in [2.45, 2.75) is 48.4 Å². The summed E-state index contributed by atoms with van der Waals surface area (Å²) in [7, 11) is -3.62. The van der Waals surface area contributed by atoms with E-state index in [4.69, 9.17) is 4.74 Å². The van der Waals surface area contributed by atoms with Crippen molar-refractivity contribution < 1.29 is 22.7 Å². The van der Waals surface area contributed by atoms with Gasteiger partial charge in [0.2, 0.25) is 11.8 Å². The van der Waals surface area contributed by atoms with Crippen LogP contribution in [0.5, 0.6) is 0 Å². The molecule has 3 N–H and O–H groups in total. The highest BCUT2D eigenvalue weighted by Crippen LogP contribution is 2.59. The monoisotopic (exact) mass is 381 g/mol. The molecule has 1 saturated carbocycles. The van der Waals surface area contributed by atoms with Gasteiger partial charge in [0.1, 0.15) is 5.25 Å². The Morgan fingerprint density at radius 2 is 2.00 bits per heavy atom. The minimum absolute atomic E-state index is 0.0206. The van der Waals surface area contributed by atoms with Crippen LogP contribution in [0.2, 0.25) is 0 Å². The number of hydrogen-bond acceptors (Lipinski definition) is 5. The van der Waals surface area contributed by atoms with Gasteiger partial charge < -0.3 is 20.4 Å². The fourth-order valence-corrected chi connectivity index (χ4v) is 6.46. The van der Waals surface area contributed by atoms with E-state index >= 15 is 0 Å². The van der Waals surface area contributed by atoms with Crippen molar-refractivity contribution in [1.29, 1.82) is 0 Å². The summed E-state index contributed by atoms with van der Waals surface area (Å²) >= 11 is 0. The van der Waals surface area contributed by atoms with E-state index in [0.717, 1.165) is 12.8 Å². The van der Waals surface area contributed by atoms with Gasteiger partial charge in [0, 0.05) is 43.7 Å². The molecule has 4 aliphatic rings. The molecule has 0 spiro atoms. The van der Waals surface area contributed by atoms with Gasteiger partial charge in [0.25, 0.3) is 0 Å². The lowest BCUT2D eigenvalue weighted by Crippen LogP contribution is -2.46. The average molecular weight is 381 g/mol. The first-order valence-corrected chi connectivity index (χ1v) is 10.4. The molecule has 1 aromatic heterocycles. The van der Waals surface area contributed by atoms with Gasteiger partial charge in [-0.15, -0.1) is 0 Å². The highest BCUT2D eigenvalue weighted by Gasteiger charge is 2.60. The zero-order chi connectivity index (χ0) is 18.6. The molecule has 1 atom stereocenters. The number of amides is 2. The summed E-state index contributed by atoms with van der Waals surface area (Å²) < 4.78 is 30.3. The number of carbonyl (C=O) groups is 2. The molecule has 5 rings (SSSR count). The Morgan fingerprint density at radius 3 is 2.65 bits per heavy atom. The number of rotatable bonds is 6. The predicted molar refractivity (Wildman–Crippen MR) is 92.1 cm³/mol. The van der Waals surface area contributed by atoms with Crippen molar-refractivity contribution in [2.75, 3.05) is 19.7 Å². The lowest BCUT2D eigenvalue weighted by atomic mass is 9.61. The quantitative estimate of drug-likeness (QED) is 0.595. The molecule has 9 heteroatoms. The highest BCUT2D eigenvalue weighted by atomic mass is 32.2. The fourth-order valence-electron chi connectivity index (χ4n) is 4.65. The Bertz CT molecular complexity index is 854. The Balaban J connectivity index is 1.20. The third kappa shape index (κ3) is 2.83. The number of aromatic nitrogens is 1. The van der Waals surface area contributed by atoms with E-state index < -0.39 is 21.0 Å². The second-order valence-corrected chi connectivity index (χ2v) is 10.1. The average Bonchev–Trinajstić information content (AvgIpc) is 3.25. The van der Waals surface area contributed by atoms with Gasteiger partial charge in [-0.05, 0) is 25.3 Å². The maximum atomic E-state index is 12.3. The van der Waals surface area contributed by atoms with E-state index in [2.05, 4.69) is 22.5 Å². The molecule has 2 bridgehead atoms. The molecule has 142 valence electrons. The molecule has 0 radical (unpaired) electrons. The smallest absolute Gasteiger partial charge is 0.239 e. The van der Waals surface area contributed by atoms with Gasteiger partial charge in [-0.3, -0.25) is 9.59 Å². The molecule has 2 saturated heterocycles. The molecule has 3 fully saturated rings. The van der Waals surface area contributed by atoms with E-state index in [0.29, 0.717) is 18.6 Å². The number of hydrogen-bond donors (Lipinski definition) is 3. The van der Waals surface area contributed by atoms with E-state index in [1.54, 1.807) is 6.20 Å². The van der Waals surface area contributed by atoms with Gasteiger partial charge in [0.05, 0.1) is 17.1 Å². The summed E-state index contributed by atoms with van der Waals surface area (Å²) in [6, 6.07) is 0. The first-order chi connectivity index (χ1) is 12.2. The summed E-state index contributed by atoms with van der Waals surface area (Å²) in [6.45, 7) is 3.18. The van der Waals surface area contributed by atoms with Gasteiger partial charge in [-0.25, -0.2) is 8.42 Å². The van der Waals surface area contributed by atoms with Crippen molar-refractivity contribution in [3.8, 4) is 0 Å². The Kier molecular flexibility index (Phi) is 3.92. The van der Waals surface area contributed by atoms with Crippen LogP contribution in [-0.2, 0) is 30.6 Å². The third-order valence-corrected chi connectivity index (χ3v) is 7.80. The molecule has 1 aromatic rings. The molecule has 26 heavy (non-hydrogen) atoms. The van der Waals surface area contributed by atoms with Crippen LogP contribution in [0, 0.1) is 5.41 Å². The maximum absolute atomic E-state index is 12.3. The Labute approximate surface area is 152 Å². The van der Waals surface area contributed by atoms with Gasteiger partial charge in [0.15, 0.2) is 9.84 Å². The molecular weight excluding hydrogens is 358 g/mol. The van der Waals surface area contributed by atoms with E-state index in [1.807, 2.05) is 0 Å². The molecule has 2 amide bonds. The molecular formula is C17H23N3O5S. The summed E-state index contributed by atoms with van der Waals surface area (Å²) in [5.74, 6) is -0.579. The molecule has 1 unspecified atom stereocenters. The van der Waals surface area contributed by atoms with Gasteiger partial charge in [-0.2, -0.15) is 0 Å². The number of aromatic amines is 1. The highest BCUT2D eigenvalue weighted by molar-refractivity contribution is 7.93. The molecule has 3 aliphatic heterocycles. The topological polar surface area (TPSA) is 117 Å². The van der Waals surface area contributed by atoms with Crippen molar-refractivity contribution in [3.63, 3.8) is 0 Å². The predicted octanol–water partition coefficient (Wildman–Crippen LogP) is -0.0953. The van der Waals surface area contributed by atoms with E-state index in [1.165, 1.54) is 6.20 Å². The molecule has 0 aromatic carbocycles. The Morgan fingerprint density at radius 1 is 1.27 bits per heavy atom. The van der Waals surface area contributed by atoms with Gasteiger partial charge >= 0.3 is 0 Å². The van der Waals surface area contributed by atoms with Crippen LogP contribution in [0.4, 0.5) is 0 Å². The van der Waals surface area contributed by atoms with Crippen molar-refractivity contribution in [1.82, 2.24) is 15.6 Å². The first-order valence-electron chi connectivity index (χ1n) is 8.81.